The van der Waals surface area contributed by atoms with Gasteiger partial charge in [0.05, 0.1) is 11.8 Å². The van der Waals surface area contributed by atoms with Crippen molar-refractivity contribution in [3.63, 3.8) is 0 Å². The second-order valence-corrected chi connectivity index (χ2v) is 5.39. The molecule has 1 amide bonds. The highest BCUT2D eigenvalue weighted by molar-refractivity contribution is 5.96. The lowest BCUT2D eigenvalue weighted by Gasteiger charge is -2.32. The van der Waals surface area contributed by atoms with E-state index in [1.54, 1.807) is 12.1 Å². The van der Waals surface area contributed by atoms with Gasteiger partial charge >= 0.3 is 12.1 Å². The van der Waals surface area contributed by atoms with E-state index in [0.717, 1.165) is 0 Å². The van der Waals surface area contributed by atoms with E-state index in [1.165, 1.54) is 12.1 Å². The first kappa shape index (κ1) is 16.3. The maximum Gasteiger partial charge on any atom is 0.389 e. The topological polar surface area (TPSA) is 66.4 Å². The van der Waals surface area contributed by atoms with Crippen LogP contribution in [-0.4, -0.2) is 23.2 Å². The molecule has 2 rings (SSSR count). The zero-order valence-corrected chi connectivity index (χ0v) is 11.7. The van der Waals surface area contributed by atoms with E-state index in [4.69, 9.17) is 5.11 Å². The summed E-state index contributed by atoms with van der Waals surface area (Å²) >= 11 is 0. The van der Waals surface area contributed by atoms with Crippen molar-refractivity contribution in [1.82, 2.24) is 0 Å². The van der Waals surface area contributed by atoms with Crippen LogP contribution in [0.1, 0.15) is 24.8 Å². The summed E-state index contributed by atoms with van der Waals surface area (Å²) < 4.78 is 36.9. The molecule has 1 aromatic carbocycles. The molecule has 2 unspecified atom stereocenters. The number of carboxylic acids is 1. The van der Waals surface area contributed by atoms with Gasteiger partial charge in [0.15, 0.2) is 0 Å². The lowest BCUT2D eigenvalue weighted by atomic mass is 9.73. The average Bonchev–Trinajstić information content (AvgIpc) is 2.34. The van der Waals surface area contributed by atoms with Gasteiger partial charge in [0, 0.05) is 12.1 Å². The molecule has 0 saturated heterocycles. The highest BCUT2D eigenvalue weighted by Gasteiger charge is 2.41. The molecular weight excluding hydrogens is 299 g/mol. The normalized spacial score (nSPS) is 21.0. The Labute approximate surface area is 125 Å². The van der Waals surface area contributed by atoms with Crippen molar-refractivity contribution in [2.75, 3.05) is 5.32 Å². The molecule has 1 aromatic rings. The number of carbonyl (C=O) groups is 2. The Kier molecular flexibility index (Phi) is 4.73. The fraction of sp³-hybridized carbons (Fsp3) is 0.467. The molecule has 0 aromatic heterocycles. The minimum Gasteiger partial charge on any atom is -0.481 e. The van der Waals surface area contributed by atoms with E-state index in [9.17, 15) is 22.8 Å². The number of nitrogens with one attached hydrogen (secondary N) is 1. The van der Waals surface area contributed by atoms with Gasteiger partial charge in [-0.2, -0.15) is 13.2 Å². The summed E-state index contributed by atoms with van der Waals surface area (Å²) in [5.41, 5.74) is 0.701. The second-order valence-electron chi connectivity index (χ2n) is 5.39. The zero-order valence-electron chi connectivity index (χ0n) is 11.7. The van der Waals surface area contributed by atoms with E-state index >= 15 is 0 Å². The van der Waals surface area contributed by atoms with Gasteiger partial charge in [0.2, 0.25) is 5.91 Å². The molecule has 4 nitrogen and oxygen atoms in total. The van der Waals surface area contributed by atoms with E-state index in [2.05, 4.69) is 5.32 Å². The van der Waals surface area contributed by atoms with Crippen LogP contribution in [0.25, 0.3) is 0 Å². The molecule has 1 fully saturated rings. The van der Waals surface area contributed by atoms with Gasteiger partial charge in [-0.25, -0.2) is 0 Å². The quantitative estimate of drug-likeness (QED) is 0.876. The van der Waals surface area contributed by atoms with E-state index in [0.29, 0.717) is 24.1 Å². The third-order valence-electron chi connectivity index (χ3n) is 3.88. The minimum absolute atomic E-state index is 0.229. The monoisotopic (exact) mass is 315 g/mol. The molecule has 0 spiro atoms. The largest absolute Gasteiger partial charge is 0.481 e. The molecule has 1 aliphatic carbocycles. The Hall–Kier alpha value is -2.05. The van der Waals surface area contributed by atoms with Crippen LogP contribution >= 0.6 is 0 Å². The van der Waals surface area contributed by atoms with Crippen LogP contribution in [0.5, 0.6) is 0 Å². The summed E-state index contributed by atoms with van der Waals surface area (Å²) in [6.45, 7) is 0. The molecule has 120 valence electrons. The average molecular weight is 315 g/mol. The first-order valence-electron chi connectivity index (χ1n) is 6.96. The van der Waals surface area contributed by atoms with Crippen molar-refractivity contribution in [3.05, 3.63) is 29.8 Å². The lowest BCUT2D eigenvalue weighted by Crippen LogP contribution is -2.41. The Balaban J connectivity index is 2.03. The third kappa shape index (κ3) is 3.99. The number of para-hydroxylation sites is 1. The molecule has 22 heavy (non-hydrogen) atoms. The van der Waals surface area contributed by atoms with Gasteiger partial charge in [0.1, 0.15) is 0 Å². The Morgan fingerprint density at radius 3 is 2.36 bits per heavy atom. The van der Waals surface area contributed by atoms with Crippen LogP contribution in [0.4, 0.5) is 18.9 Å². The number of hydrogen-bond donors (Lipinski definition) is 2. The van der Waals surface area contributed by atoms with E-state index in [-0.39, 0.29) is 6.42 Å². The molecule has 7 heteroatoms. The number of aryl methyl sites for hydroxylation is 1. The van der Waals surface area contributed by atoms with Gasteiger partial charge in [-0.05, 0) is 30.9 Å². The van der Waals surface area contributed by atoms with E-state index < -0.39 is 36.3 Å². The molecule has 0 aliphatic heterocycles. The number of halogens is 3. The van der Waals surface area contributed by atoms with Crippen molar-refractivity contribution >= 4 is 17.6 Å². The number of benzene rings is 1. The van der Waals surface area contributed by atoms with Crippen molar-refractivity contribution in [2.45, 2.75) is 31.9 Å². The SMILES string of the molecule is O=C(O)C1CCC1C(=O)Nc1ccccc1CCC(F)(F)F. The molecule has 1 saturated carbocycles. The van der Waals surface area contributed by atoms with Crippen molar-refractivity contribution in [2.24, 2.45) is 11.8 Å². The number of carboxylic acid groups (broad SMARTS) is 1. The van der Waals surface area contributed by atoms with Crippen LogP contribution in [-0.2, 0) is 16.0 Å². The molecule has 2 atom stereocenters. The molecular formula is C15H16F3NO3. The van der Waals surface area contributed by atoms with Crippen molar-refractivity contribution in [1.29, 1.82) is 0 Å². The predicted molar refractivity (Wildman–Crippen MR) is 73.3 cm³/mol. The predicted octanol–water partition coefficient (Wildman–Crippen LogP) is 3.23. The van der Waals surface area contributed by atoms with Gasteiger partial charge in [-0.3, -0.25) is 9.59 Å². The minimum atomic E-state index is -4.26. The van der Waals surface area contributed by atoms with Crippen LogP contribution in [0.15, 0.2) is 24.3 Å². The molecule has 0 heterocycles. The maximum atomic E-state index is 12.3. The Morgan fingerprint density at radius 2 is 1.82 bits per heavy atom. The summed E-state index contributed by atoms with van der Waals surface area (Å²) in [7, 11) is 0. The molecule has 2 N–H and O–H groups in total. The van der Waals surface area contributed by atoms with Gasteiger partial charge in [0.25, 0.3) is 0 Å². The first-order chi connectivity index (χ1) is 10.3. The number of amides is 1. The zero-order chi connectivity index (χ0) is 16.3. The highest BCUT2D eigenvalue weighted by atomic mass is 19.4. The molecule has 1 aliphatic rings. The lowest BCUT2D eigenvalue weighted by molar-refractivity contribution is -0.151. The molecule has 0 bridgehead atoms. The Bertz CT molecular complexity index is 571. The summed E-state index contributed by atoms with van der Waals surface area (Å²) in [5, 5.41) is 11.5. The number of anilines is 1. The van der Waals surface area contributed by atoms with Crippen LogP contribution in [0.3, 0.4) is 0 Å². The van der Waals surface area contributed by atoms with Crippen LogP contribution < -0.4 is 5.32 Å². The number of rotatable bonds is 5. The first-order valence-corrected chi connectivity index (χ1v) is 6.96. The summed E-state index contributed by atoms with van der Waals surface area (Å²) in [6.07, 6.45) is -4.54. The molecule has 0 radical (unpaired) electrons. The van der Waals surface area contributed by atoms with Crippen molar-refractivity contribution < 1.29 is 27.9 Å². The summed E-state index contributed by atoms with van der Waals surface area (Å²) in [6, 6.07) is 6.27. The van der Waals surface area contributed by atoms with Gasteiger partial charge < -0.3 is 10.4 Å². The highest BCUT2D eigenvalue weighted by Crippen LogP contribution is 2.35. The standard InChI is InChI=1S/C15H16F3NO3/c16-15(17,18)8-7-9-3-1-2-4-12(9)19-13(20)10-5-6-11(10)14(21)22/h1-4,10-11H,5-8H2,(H,19,20)(H,21,22). The smallest absolute Gasteiger partial charge is 0.389 e. The number of aliphatic carboxylic acids is 1. The van der Waals surface area contributed by atoms with E-state index in [1.807, 2.05) is 0 Å². The summed E-state index contributed by atoms with van der Waals surface area (Å²) in [5.74, 6) is -2.79. The fourth-order valence-electron chi connectivity index (χ4n) is 2.47. The van der Waals surface area contributed by atoms with Gasteiger partial charge in [-0.15, -0.1) is 0 Å². The number of hydrogen-bond acceptors (Lipinski definition) is 2. The van der Waals surface area contributed by atoms with Gasteiger partial charge in [-0.1, -0.05) is 18.2 Å². The third-order valence-corrected chi connectivity index (χ3v) is 3.88. The second kappa shape index (κ2) is 6.37. The Morgan fingerprint density at radius 1 is 1.18 bits per heavy atom. The van der Waals surface area contributed by atoms with Crippen LogP contribution in [0, 0.1) is 11.8 Å². The number of alkyl halides is 3. The fourth-order valence-corrected chi connectivity index (χ4v) is 2.47. The van der Waals surface area contributed by atoms with Crippen LogP contribution in [0.2, 0.25) is 0 Å². The summed E-state index contributed by atoms with van der Waals surface area (Å²) in [4.78, 5) is 23.0. The number of carbonyl (C=O) groups excluding carboxylic acids is 1. The van der Waals surface area contributed by atoms with Crippen molar-refractivity contribution in [3.8, 4) is 0 Å². The maximum absolute atomic E-state index is 12.3.